The first-order valence-electron chi connectivity index (χ1n) is 4.42. The molecule has 1 aromatic heterocycles. The predicted molar refractivity (Wildman–Crippen MR) is 53.0 cm³/mol. The highest BCUT2D eigenvalue weighted by molar-refractivity contribution is 5.82. The van der Waals surface area contributed by atoms with Gasteiger partial charge < -0.3 is 4.42 Å². The molecule has 0 amide bonds. The number of fused-ring (bicyclic) bond motifs is 1. The second-order valence-corrected chi connectivity index (χ2v) is 3.53. The molecule has 0 aliphatic heterocycles. The fourth-order valence-electron chi connectivity index (χ4n) is 1.69. The van der Waals surface area contributed by atoms with Crippen molar-refractivity contribution in [1.29, 1.82) is 0 Å². The predicted octanol–water partition coefficient (Wildman–Crippen LogP) is 3.06. The Labute approximate surface area is 77.6 Å². The number of benzene rings is 1. The molecule has 0 aliphatic rings. The lowest BCUT2D eigenvalue weighted by molar-refractivity contribution is 0.599. The summed E-state index contributed by atoms with van der Waals surface area (Å²) in [5.74, 6) is 0. The van der Waals surface area contributed by atoms with Gasteiger partial charge in [-0.3, -0.25) is 0 Å². The zero-order valence-corrected chi connectivity index (χ0v) is 8.43. The van der Waals surface area contributed by atoms with Crippen molar-refractivity contribution in [3.8, 4) is 0 Å². The molecule has 0 atom stereocenters. The van der Waals surface area contributed by atoms with Crippen molar-refractivity contribution in [3.05, 3.63) is 28.6 Å². The van der Waals surface area contributed by atoms with Crippen LogP contribution in [0, 0.1) is 27.7 Å². The molecule has 0 unspecified atom stereocenters. The monoisotopic (exact) mass is 175 g/mol. The standard InChI is InChI=1S/C11H13NO/c1-6-7(2)9(4)11-10(8(6)3)12-5-13-11/h5H,1-4H3. The Hall–Kier alpha value is -1.31. The molecule has 1 aromatic carbocycles. The van der Waals surface area contributed by atoms with E-state index in [1.165, 1.54) is 28.6 Å². The summed E-state index contributed by atoms with van der Waals surface area (Å²) in [5, 5.41) is 0. The number of rotatable bonds is 0. The maximum atomic E-state index is 5.35. The van der Waals surface area contributed by atoms with Crippen molar-refractivity contribution in [2.24, 2.45) is 0 Å². The molecule has 0 saturated carbocycles. The normalized spacial score (nSPS) is 11.1. The van der Waals surface area contributed by atoms with Crippen molar-refractivity contribution in [1.82, 2.24) is 4.98 Å². The van der Waals surface area contributed by atoms with E-state index in [0.29, 0.717) is 0 Å². The highest BCUT2D eigenvalue weighted by Gasteiger charge is 2.11. The van der Waals surface area contributed by atoms with E-state index in [9.17, 15) is 0 Å². The van der Waals surface area contributed by atoms with Crippen LogP contribution in [0.15, 0.2) is 10.8 Å². The van der Waals surface area contributed by atoms with Gasteiger partial charge in [-0.15, -0.1) is 0 Å². The number of aryl methyl sites for hydroxylation is 2. The van der Waals surface area contributed by atoms with Crippen LogP contribution < -0.4 is 0 Å². The van der Waals surface area contributed by atoms with E-state index >= 15 is 0 Å². The van der Waals surface area contributed by atoms with Gasteiger partial charge in [-0.05, 0) is 49.9 Å². The quantitative estimate of drug-likeness (QED) is 0.615. The summed E-state index contributed by atoms with van der Waals surface area (Å²) < 4.78 is 5.35. The molecule has 0 spiro atoms. The minimum Gasteiger partial charge on any atom is -0.443 e. The molecule has 13 heavy (non-hydrogen) atoms. The fourth-order valence-corrected chi connectivity index (χ4v) is 1.69. The van der Waals surface area contributed by atoms with Crippen LogP contribution in [0.4, 0.5) is 0 Å². The molecular formula is C11H13NO. The number of nitrogens with zero attached hydrogens (tertiary/aromatic N) is 1. The Kier molecular flexibility index (Phi) is 1.65. The van der Waals surface area contributed by atoms with Gasteiger partial charge in [0.25, 0.3) is 0 Å². The molecule has 0 saturated heterocycles. The lowest BCUT2D eigenvalue weighted by Crippen LogP contribution is -1.92. The fraction of sp³-hybridized carbons (Fsp3) is 0.364. The molecule has 68 valence electrons. The van der Waals surface area contributed by atoms with E-state index in [4.69, 9.17) is 4.42 Å². The maximum absolute atomic E-state index is 5.35. The largest absolute Gasteiger partial charge is 0.443 e. The third kappa shape index (κ3) is 0.981. The van der Waals surface area contributed by atoms with Crippen LogP contribution in [0.3, 0.4) is 0 Å². The minimum absolute atomic E-state index is 0.931. The van der Waals surface area contributed by atoms with Gasteiger partial charge in [0.2, 0.25) is 0 Å². The van der Waals surface area contributed by atoms with Crippen molar-refractivity contribution in [3.63, 3.8) is 0 Å². The molecule has 2 aromatic rings. The van der Waals surface area contributed by atoms with Gasteiger partial charge in [0.1, 0.15) is 5.52 Å². The van der Waals surface area contributed by atoms with E-state index in [1.807, 2.05) is 0 Å². The third-order valence-corrected chi connectivity index (χ3v) is 2.95. The second kappa shape index (κ2) is 2.59. The zero-order chi connectivity index (χ0) is 9.59. The van der Waals surface area contributed by atoms with E-state index < -0.39 is 0 Å². The summed E-state index contributed by atoms with van der Waals surface area (Å²) in [5.41, 5.74) is 6.99. The van der Waals surface area contributed by atoms with Gasteiger partial charge in [0.05, 0.1) is 0 Å². The average Bonchev–Trinajstić information content (AvgIpc) is 2.59. The summed E-state index contributed by atoms with van der Waals surface area (Å²) in [6.45, 7) is 8.42. The Morgan fingerprint density at radius 1 is 0.923 bits per heavy atom. The Bertz CT molecular complexity index is 426. The second-order valence-electron chi connectivity index (χ2n) is 3.53. The lowest BCUT2D eigenvalue weighted by atomic mass is 9.98. The summed E-state index contributed by atoms with van der Waals surface area (Å²) >= 11 is 0. The molecule has 0 N–H and O–H groups in total. The van der Waals surface area contributed by atoms with Gasteiger partial charge in [-0.25, -0.2) is 4.98 Å². The summed E-state index contributed by atoms with van der Waals surface area (Å²) in [6, 6.07) is 0. The van der Waals surface area contributed by atoms with Crippen LogP contribution >= 0.6 is 0 Å². The molecular weight excluding hydrogens is 162 g/mol. The van der Waals surface area contributed by atoms with Crippen molar-refractivity contribution < 1.29 is 4.42 Å². The number of hydrogen-bond acceptors (Lipinski definition) is 2. The highest BCUT2D eigenvalue weighted by Crippen LogP contribution is 2.27. The zero-order valence-electron chi connectivity index (χ0n) is 8.43. The molecule has 2 heteroatoms. The van der Waals surface area contributed by atoms with Crippen LogP contribution in [0.25, 0.3) is 11.1 Å². The molecule has 0 radical (unpaired) electrons. The minimum atomic E-state index is 0.931. The molecule has 1 heterocycles. The maximum Gasteiger partial charge on any atom is 0.182 e. The van der Waals surface area contributed by atoms with E-state index in [0.717, 1.165) is 11.1 Å². The van der Waals surface area contributed by atoms with Gasteiger partial charge in [0.15, 0.2) is 12.0 Å². The number of oxazole rings is 1. The van der Waals surface area contributed by atoms with Crippen LogP contribution in [0.2, 0.25) is 0 Å². The van der Waals surface area contributed by atoms with E-state index in [2.05, 4.69) is 32.7 Å². The molecule has 0 fully saturated rings. The van der Waals surface area contributed by atoms with Crippen molar-refractivity contribution in [2.75, 3.05) is 0 Å². The average molecular weight is 175 g/mol. The van der Waals surface area contributed by atoms with Crippen LogP contribution in [0.1, 0.15) is 22.3 Å². The third-order valence-electron chi connectivity index (χ3n) is 2.95. The molecule has 0 bridgehead atoms. The molecule has 2 rings (SSSR count). The first-order chi connectivity index (χ1) is 6.13. The first-order valence-corrected chi connectivity index (χ1v) is 4.42. The molecule has 0 aliphatic carbocycles. The van der Waals surface area contributed by atoms with Gasteiger partial charge in [-0.1, -0.05) is 0 Å². The van der Waals surface area contributed by atoms with E-state index in [-0.39, 0.29) is 0 Å². The lowest BCUT2D eigenvalue weighted by Gasteiger charge is -2.08. The Morgan fingerprint density at radius 2 is 1.54 bits per heavy atom. The number of aromatic nitrogens is 1. The topological polar surface area (TPSA) is 26.0 Å². The van der Waals surface area contributed by atoms with Crippen LogP contribution in [-0.2, 0) is 0 Å². The summed E-state index contributed by atoms with van der Waals surface area (Å²) in [4.78, 5) is 4.21. The Balaban J connectivity index is 3.02. The number of hydrogen-bond donors (Lipinski definition) is 0. The summed E-state index contributed by atoms with van der Waals surface area (Å²) in [7, 11) is 0. The first kappa shape index (κ1) is 8.30. The molecule has 2 nitrogen and oxygen atoms in total. The van der Waals surface area contributed by atoms with Gasteiger partial charge in [-0.2, -0.15) is 0 Å². The summed E-state index contributed by atoms with van der Waals surface area (Å²) in [6.07, 6.45) is 1.52. The Morgan fingerprint density at radius 3 is 2.23 bits per heavy atom. The van der Waals surface area contributed by atoms with Crippen LogP contribution in [0.5, 0.6) is 0 Å². The smallest absolute Gasteiger partial charge is 0.182 e. The van der Waals surface area contributed by atoms with Crippen molar-refractivity contribution in [2.45, 2.75) is 27.7 Å². The van der Waals surface area contributed by atoms with E-state index in [1.54, 1.807) is 0 Å². The van der Waals surface area contributed by atoms with Crippen molar-refractivity contribution >= 4 is 11.1 Å². The SMILES string of the molecule is Cc1c(C)c(C)c2ocnc2c1C. The van der Waals surface area contributed by atoms with Crippen LogP contribution in [-0.4, -0.2) is 4.98 Å². The van der Waals surface area contributed by atoms with Gasteiger partial charge in [0, 0.05) is 0 Å². The highest BCUT2D eigenvalue weighted by atomic mass is 16.3. The van der Waals surface area contributed by atoms with Gasteiger partial charge >= 0.3 is 0 Å².